The predicted octanol–water partition coefficient (Wildman–Crippen LogP) is 1.59. The van der Waals surface area contributed by atoms with Gasteiger partial charge in [0.25, 0.3) is 5.91 Å². The fourth-order valence-corrected chi connectivity index (χ4v) is 2.37. The van der Waals surface area contributed by atoms with Gasteiger partial charge in [-0.3, -0.25) is 4.79 Å². The molecule has 1 aliphatic heterocycles. The van der Waals surface area contributed by atoms with E-state index < -0.39 is 0 Å². The summed E-state index contributed by atoms with van der Waals surface area (Å²) in [5, 5.41) is 6.74. The van der Waals surface area contributed by atoms with Crippen molar-refractivity contribution in [2.45, 2.75) is 19.8 Å². The molecule has 0 radical (unpaired) electrons. The third kappa shape index (κ3) is 3.01. The van der Waals surface area contributed by atoms with Gasteiger partial charge in [0.1, 0.15) is 0 Å². The molecule has 0 aliphatic carbocycles. The Morgan fingerprint density at radius 3 is 2.72 bits per heavy atom. The number of benzene rings is 1. The van der Waals surface area contributed by atoms with Crippen LogP contribution >= 0.6 is 0 Å². The van der Waals surface area contributed by atoms with Crippen molar-refractivity contribution in [1.82, 2.24) is 5.32 Å². The van der Waals surface area contributed by atoms with Crippen molar-refractivity contribution in [3.63, 3.8) is 0 Å². The maximum atomic E-state index is 11.3. The summed E-state index contributed by atoms with van der Waals surface area (Å²) in [6.45, 7) is 5.29. The summed E-state index contributed by atoms with van der Waals surface area (Å²) >= 11 is 0. The van der Waals surface area contributed by atoms with Crippen LogP contribution in [0, 0.1) is 5.41 Å². The molecule has 4 nitrogen and oxygen atoms in total. The summed E-state index contributed by atoms with van der Waals surface area (Å²) in [5.41, 5.74) is 7.06. The fourth-order valence-electron chi connectivity index (χ4n) is 2.37. The number of hydrogen-bond donors (Lipinski definition) is 3. The first-order valence-electron chi connectivity index (χ1n) is 6.44. The van der Waals surface area contributed by atoms with E-state index in [9.17, 15) is 4.79 Å². The van der Waals surface area contributed by atoms with E-state index in [1.165, 1.54) is 0 Å². The standard InChI is InChI=1S/C14H21N3O/c1-14(6-8-16-9-7-14)10-17-12-5-3-2-4-11(12)13(15)18/h2-5,16-17H,6-10H2,1H3,(H2,15,18). The van der Waals surface area contributed by atoms with E-state index >= 15 is 0 Å². The van der Waals surface area contributed by atoms with Gasteiger partial charge in [-0.15, -0.1) is 0 Å². The number of para-hydroxylation sites is 1. The number of carbonyl (C=O) groups is 1. The van der Waals surface area contributed by atoms with Crippen molar-refractivity contribution in [3.05, 3.63) is 29.8 Å². The molecule has 0 atom stereocenters. The molecule has 0 spiro atoms. The van der Waals surface area contributed by atoms with Gasteiger partial charge in [0.2, 0.25) is 0 Å². The Kier molecular flexibility index (Phi) is 3.87. The van der Waals surface area contributed by atoms with Gasteiger partial charge in [0, 0.05) is 12.2 Å². The van der Waals surface area contributed by atoms with Crippen LogP contribution in [-0.2, 0) is 0 Å². The van der Waals surface area contributed by atoms with Crippen molar-refractivity contribution >= 4 is 11.6 Å². The summed E-state index contributed by atoms with van der Waals surface area (Å²) < 4.78 is 0. The first-order chi connectivity index (χ1) is 8.61. The smallest absolute Gasteiger partial charge is 0.250 e. The van der Waals surface area contributed by atoms with Crippen molar-refractivity contribution in [3.8, 4) is 0 Å². The summed E-state index contributed by atoms with van der Waals surface area (Å²) in [7, 11) is 0. The molecule has 0 saturated carbocycles. The van der Waals surface area contributed by atoms with Gasteiger partial charge in [-0.25, -0.2) is 0 Å². The molecule has 1 aliphatic rings. The Labute approximate surface area is 108 Å². The van der Waals surface area contributed by atoms with E-state index in [-0.39, 0.29) is 11.3 Å². The van der Waals surface area contributed by atoms with Crippen LogP contribution in [0.2, 0.25) is 0 Å². The van der Waals surface area contributed by atoms with Crippen LogP contribution in [0.5, 0.6) is 0 Å². The van der Waals surface area contributed by atoms with Crippen LogP contribution in [0.1, 0.15) is 30.1 Å². The van der Waals surface area contributed by atoms with Gasteiger partial charge < -0.3 is 16.4 Å². The molecule has 2 rings (SSSR count). The lowest BCUT2D eigenvalue weighted by Gasteiger charge is -2.34. The van der Waals surface area contributed by atoms with E-state index in [4.69, 9.17) is 5.73 Å². The second-order valence-corrected chi connectivity index (χ2v) is 5.32. The van der Waals surface area contributed by atoms with E-state index in [1.807, 2.05) is 18.2 Å². The Morgan fingerprint density at radius 1 is 1.39 bits per heavy atom. The van der Waals surface area contributed by atoms with E-state index in [2.05, 4.69) is 17.6 Å². The normalized spacial score (nSPS) is 18.3. The first kappa shape index (κ1) is 12.9. The molecule has 4 N–H and O–H groups in total. The average molecular weight is 247 g/mol. The molecular weight excluding hydrogens is 226 g/mol. The minimum atomic E-state index is -0.381. The van der Waals surface area contributed by atoms with Crippen LogP contribution in [-0.4, -0.2) is 25.5 Å². The molecule has 1 saturated heterocycles. The molecule has 98 valence electrons. The second kappa shape index (κ2) is 5.40. The van der Waals surface area contributed by atoms with Gasteiger partial charge in [0.15, 0.2) is 0 Å². The molecule has 1 heterocycles. The molecule has 1 aromatic carbocycles. The molecule has 18 heavy (non-hydrogen) atoms. The van der Waals surface area contributed by atoms with Crippen LogP contribution in [0.25, 0.3) is 0 Å². The molecular formula is C14H21N3O. The number of piperidine rings is 1. The van der Waals surface area contributed by atoms with Crippen LogP contribution in [0.4, 0.5) is 5.69 Å². The van der Waals surface area contributed by atoms with Gasteiger partial charge in [-0.1, -0.05) is 19.1 Å². The highest BCUT2D eigenvalue weighted by molar-refractivity contribution is 5.98. The van der Waals surface area contributed by atoms with Crippen LogP contribution < -0.4 is 16.4 Å². The monoisotopic (exact) mass is 247 g/mol. The SMILES string of the molecule is CC1(CNc2ccccc2C(N)=O)CCNCC1. The van der Waals surface area contributed by atoms with Gasteiger partial charge >= 0.3 is 0 Å². The number of amides is 1. The quantitative estimate of drug-likeness (QED) is 0.757. The molecule has 4 heteroatoms. The Balaban J connectivity index is 2.03. The van der Waals surface area contributed by atoms with Crippen molar-refractivity contribution < 1.29 is 4.79 Å². The fraction of sp³-hybridized carbons (Fsp3) is 0.500. The van der Waals surface area contributed by atoms with Crippen molar-refractivity contribution in [2.75, 3.05) is 25.0 Å². The Hall–Kier alpha value is -1.55. The zero-order chi connectivity index (χ0) is 13.0. The van der Waals surface area contributed by atoms with E-state index in [0.29, 0.717) is 5.56 Å². The van der Waals surface area contributed by atoms with Gasteiger partial charge in [0.05, 0.1) is 5.56 Å². The number of rotatable bonds is 4. The third-order valence-electron chi connectivity index (χ3n) is 3.71. The predicted molar refractivity (Wildman–Crippen MR) is 73.7 cm³/mol. The molecule has 1 amide bonds. The molecule has 0 aromatic heterocycles. The highest BCUT2D eigenvalue weighted by Gasteiger charge is 2.26. The number of anilines is 1. The summed E-state index contributed by atoms with van der Waals surface area (Å²) in [5.74, 6) is -0.381. The summed E-state index contributed by atoms with van der Waals surface area (Å²) in [6, 6.07) is 7.41. The lowest BCUT2D eigenvalue weighted by atomic mass is 9.81. The molecule has 0 unspecified atom stereocenters. The average Bonchev–Trinajstić information content (AvgIpc) is 2.38. The third-order valence-corrected chi connectivity index (χ3v) is 3.71. The Morgan fingerprint density at radius 2 is 2.06 bits per heavy atom. The summed E-state index contributed by atoms with van der Waals surface area (Å²) in [6.07, 6.45) is 2.30. The van der Waals surface area contributed by atoms with Crippen molar-refractivity contribution in [2.24, 2.45) is 11.1 Å². The molecule has 0 bridgehead atoms. The minimum absolute atomic E-state index is 0.288. The number of primary amides is 1. The highest BCUT2D eigenvalue weighted by Crippen LogP contribution is 2.28. The number of nitrogens with one attached hydrogen (secondary N) is 2. The topological polar surface area (TPSA) is 67.1 Å². The van der Waals surface area contributed by atoms with E-state index in [1.54, 1.807) is 6.07 Å². The Bertz CT molecular complexity index is 425. The highest BCUT2D eigenvalue weighted by atomic mass is 16.1. The number of hydrogen-bond acceptors (Lipinski definition) is 3. The lowest BCUT2D eigenvalue weighted by molar-refractivity contribution is 0.100. The van der Waals surface area contributed by atoms with Gasteiger partial charge in [-0.05, 0) is 43.5 Å². The zero-order valence-electron chi connectivity index (χ0n) is 10.8. The summed E-state index contributed by atoms with van der Waals surface area (Å²) in [4.78, 5) is 11.3. The zero-order valence-corrected chi connectivity index (χ0v) is 10.8. The lowest BCUT2D eigenvalue weighted by Crippen LogP contribution is -2.39. The molecule has 1 fully saturated rings. The maximum absolute atomic E-state index is 11.3. The molecule has 1 aromatic rings. The minimum Gasteiger partial charge on any atom is -0.384 e. The number of carbonyl (C=O) groups excluding carboxylic acids is 1. The van der Waals surface area contributed by atoms with E-state index in [0.717, 1.165) is 38.2 Å². The first-order valence-corrected chi connectivity index (χ1v) is 6.44. The van der Waals surface area contributed by atoms with Crippen LogP contribution in [0.15, 0.2) is 24.3 Å². The maximum Gasteiger partial charge on any atom is 0.250 e. The van der Waals surface area contributed by atoms with Gasteiger partial charge in [-0.2, -0.15) is 0 Å². The van der Waals surface area contributed by atoms with Crippen LogP contribution in [0.3, 0.4) is 0 Å². The second-order valence-electron chi connectivity index (χ2n) is 5.32. The number of nitrogens with two attached hydrogens (primary N) is 1. The van der Waals surface area contributed by atoms with Crippen molar-refractivity contribution in [1.29, 1.82) is 0 Å². The largest absolute Gasteiger partial charge is 0.384 e.